The van der Waals surface area contributed by atoms with Gasteiger partial charge in [-0.2, -0.15) is 0 Å². The summed E-state index contributed by atoms with van der Waals surface area (Å²) in [7, 11) is 0. The van der Waals surface area contributed by atoms with Crippen LogP contribution in [0.15, 0.2) is 96.1 Å². The van der Waals surface area contributed by atoms with Crippen LogP contribution in [0.5, 0.6) is 5.75 Å². The zero-order chi connectivity index (χ0) is 42.0. The van der Waals surface area contributed by atoms with E-state index >= 15 is 0 Å². The number of fused-ring (bicyclic) bond motifs is 6. The number of phenolic OH excluding ortho intramolecular Hbond substituents is 1. The predicted octanol–water partition coefficient (Wildman–Crippen LogP) is 7.51. The van der Waals surface area contributed by atoms with Crippen molar-refractivity contribution in [2.24, 2.45) is 47.2 Å². The first-order valence-corrected chi connectivity index (χ1v) is 22.6. The standard InChI is InChI=1S/C52H63NO7/c53-24-21-33-13-14-36(25-33)39(32-54)9-2-1-3-10-41-26-34-19-22-51(41,40-15-17-43(55)18-16-40)30-35-7-6-11-42(27-35)52(47(50(59)60)45(28-34)49(57)58)23-20-38-29-37-8-4-5-12-44(37)48(56)46(38)31-52/h4-8,11-12,15-18,25,27-29,32,36,38-39,41,45-47,49,55-58H,1-3,9-10,13-14,19-24,26,30-31,53H2,(H,59,60)/b34-28-/t36-,38+,39+,41+,45-,46+,47+,51-,52-/m0/s1. The number of allylic oxidation sites excluding steroid dienone is 2. The molecule has 3 aromatic carbocycles. The van der Waals surface area contributed by atoms with Gasteiger partial charge in [-0.25, -0.2) is 0 Å². The lowest BCUT2D eigenvalue weighted by Crippen LogP contribution is -2.52. The van der Waals surface area contributed by atoms with Crippen LogP contribution in [0.2, 0.25) is 0 Å². The summed E-state index contributed by atoms with van der Waals surface area (Å²) in [5, 5.41) is 57.9. The van der Waals surface area contributed by atoms with Gasteiger partial charge in [-0.1, -0.05) is 109 Å². The molecule has 2 fully saturated rings. The number of hydrogen-bond donors (Lipinski definition) is 6. The third-order valence-electron chi connectivity index (χ3n) is 15.7. The molecule has 6 aliphatic rings. The third-order valence-corrected chi connectivity index (χ3v) is 15.7. The fraction of sp³-hybridized carbons (Fsp3) is 0.500. The van der Waals surface area contributed by atoms with E-state index in [9.17, 15) is 35.1 Å². The van der Waals surface area contributed by atoms with Crippen LogP contribution in [0, 0.1) is 41.4 Å². The summed E-state index contributed by atoms with van der Waals surface area (Å²) in [5.74, 6) is -2.58. The van der Waals surface area contributed by atoms with Gasteiger partial charge in [0.15, 0.2) is 6.29 Å². The number of nitrogens with two attached hydrogens (primary N) is 1. The number of carboxylic acid groups (broad SMARTS) is 1. The van der Waals surface area contributed by atoms with Crippen LogP contribution in [0.3, 0.4) is 0 Å². The second-order valence-corrected chi connectivity index (χ2v) is 18.9. The highest BCUT2D eigenvalue weighted by atomic mass is 16.5. The number of carbonyl (C=O) groups is 2. The maximum Gasteiger partial charge on any atom is 0.308 e. The number of aliphatic carboxylic acids is 1. The van der Waals surface area contributed by atoms with E-state index in [4.69, 9.17) is 5.73 Å². The summed E-state index contributed by atoms with van der Waals surface area (Å²) in [6.07, 6.45) is 17.8. The van der Waals surface area contributed by atoms with Gasteiger partial charge < -0.3 is 36.1 Å². The topological polar surface area (TPSA) is 161 Å². The van der Waals surface area contributed by atoms with Crippen molar-refractivity contribution in [3.05, 3.63) is 123 Å². The molecule has 8 nitrogen and oxygen atoms in total. The highest BCUT2D eigenvalue weighted by Gasteiger charge is 2.55. The van der Waals surface area contributed by atoms with Crippen molar-refractivity contribution in [1.82, 2.24) is 0 Å². The van der Waals surface area contributed by atoms with Crippen molar-refractivity contribution in [2.75, 3.05) is 6.54 Å². The number of aldehydes is 1. The molecule has 9 rings (SSSR count). The molecule has 3 aromatic rings. The van der Waals surface area contributed by atoms with Gasteiger partial charge in [-0.15, -0.1) is 0 Å². The number of unbranched alkanes of at least 4 members (excludes halogenated alkanes) is 2. The molecular formula is C52H63NO7. The molecule has 2 saturated carbocycles. The molecule has 0 saturated heterocycles. The van der Waals surface area contributed by atoms with Crippen molar-refractivity contribution < 1.29 is 35.1 Å². The molecule has 0 aliphatic heterocycles. The van der Waals surface area contributed by atoms with Gasteiger partial charge >= 0.3 is 5.97 Å². The molecule has 0 radical (unpaired) electrons. The molecule has 0 unspecified atom stereocenters. The number of rotatable bonds is 13. The number of phenols is 1. The lowest BCUT2D eigenvalue weighted by atomic mass is 9.52. The lowest BCUT2D eigenvalue weighted by molar-refractivity contribution is -0.158. The van der Waals surface area contributed by atoms with Crippen molar-refractivity contribution in [1.29, 1.82) is 0 Å². The summed E-state index contributed by atoms with van der Waals surface area (Å²) < 4.78 is 0. The zero-order valence-corrected chi connectivity index (χ0v) is 34.8. The van der Waals surface area contributed by atoms with E-state index in [-0.39, 0.29) is 40.6 Å². The number of aliphatic hydroxyl groups is 3. The molecule has 0 heterocycles. The Morgan fingerprint density at radius 3 is 2.45 bits per heavy atom. The second-order valence-electron chi connectivity index (χ2n) is 18.9. The number of aromatic hydroxyl groups is 1. The molecule has 4 bridgehead atoms. The smallest absolute Gasteiger partial charge is 0.308 e. The SMILES string of the molecule is NCCC1=C[C@@H]([C@@H](C=O)CCCCC[C@@H]2C/C3=C\[C@H](C(O)O)[C@H](C(=O)O)[C@]4(CC[C@@H]5C=c6ccccc6=C(O)[C@@H]5C4)c4cccc(c4)C[C@]2(c2ccc(O)cc2)CC3)CC1. The summed E-state index contributed by atoms with van der Waals surface area (Å²) in [6, 6.07) is 23.9. The quantitative estimate of drug-likeness (QED) is 0.0448. The fourth-order valence-electron chi connectivity index (χ4n) is 12.7. The molecule has 6 aliphatic carbocycles. The molecular weight excluding hydrogens is 751 g/mol. The van der Waals surface area contributed by atoms with E-state index in [0.717, 1.165) is 97.6 Å². The number of hydrogen-bond acceptors (Lipinski definition) is 7. The molecule has 0 aromatic heterocycles. The Morgan fingerprint density at radius 1 is 0.867 bits per heavy atom. The summed E-state index contributed by atoms with van der Waals surface area (Å²) in [4.78, 5) is 26.1. The Bertz CT molecular complexity index is 2230. The highest BCUT2D eigenvalue weighted by Crippen LogP contribution is 2.56. The average molecular weight is 814 g/mol. The van der Waals surface area contributed by atoms with Gasteiger partial charge in [-0.3, -0.25) is 4.79 Å². The monoisotopic (exact) mass is 813 g/mol. The minimum absolute atomic E-state index is 0.0228. The summed E-state index contributed by atoms with van der Waals surface area (Å²) in [6.45, 7) is 0.640. The van der Waals surface area contributed by atoms with Gasteiger partial charge in [0.25, 0.3) is 0 Å². The Kier molecular flexibility index (Phi) is 12.6. The van der Waals surface area contributed by atoms with Gasteiger partial charge in [0, 0.05) is 33.8 Å². The molecule has 9 atom stereocenters. The number of carboxylic acids is 1. The average Bonchev–Trinajstić information content (AvgIpc) is 3.71. The minimum Gasteiger partial charge on any atom is -0.511 e. The minimum atomic E-state index is -1.90. The van der Waals surface area contributed by atoms with Gasteiger partial charge in [0.2, 0.25) is 0 Å². The van der Waals surface area contributed by atoms with E-state index in [1.165, 1.54) is 11.1 Å². The maximum absolute atomic E-state index is 13.9. The molecule has 7 N–H and O–H groups in total. The number of benzene rings is 3. The van der Waals surface area contributed by atoms with E-state index in [2.05, 4.69) is 36.4 Å². The van der Waals surface area contributed by atoms with E-state index in [1.54, 1.807) is 12.1 Å². The Labute approximate surface area is 354 Å². The molecule has 318 valence electrons. The number of carbonyl (C=O) groups excluding carboxylic acids is 1. The van der Waals surface area contributed by atoms with Gasteiger partial charge in [0.1, 0.15) is 17.8 Å². The van der Waals surface area contributed by atoms with Gasteiger partial charge in [-0.05, 0) is 135 Å². The van der Waals surface area contributed by atoms with E-state index in [1.807, 2.05) is 42.5 Å². The van der Waals surface area contributed by atoms with Crippen molar-refractivity contribution >= 4 is 24.1 Å². The lowest BCUT2D eigenvalue weighted by Gasteiger charge is -2.51. The molecule has 1 spiro atoms. The number of aliphatic hydroxyl groups excluding tert-OH is 2. The molecule has 0 amide bonds. The van der Waals surface area contributed by atoms with Gasteiger partial charge in [0.05, 0.1) is 5.92 Å². The van der Waals surface area contributed by atoms with Crippen LogP contribution in [0.1, 0.15) is 107 Å². The van der Waals surface area contributed by atoms with Crippen molar-refractivity contribution in [3.8, 4) is 5.75 Å². The van der Waals surface area contributed by atoms with Crippen LogP contribution in [0.25, 0.3) is 11.8 Å². The maximum atomic E-state index is 13.9. The third kappa shape index (κ3) is 8.15. The highest BCUT2D eigenvalue weighted by molar-refractivity contribution is 5.74. The van der Waals surface area contributed by atoms with Crippen molar-refractivity contribution in [3.63, 3.8) is 0 Å². The van der Waals surface area contributed by atoms with Crippen LogP contribution in [-0.2, 0) is 26.8 Å². The first-order chi connectivity index (χ1) is 29.0. The fourth-order valence-corrected chi connectivity index (χ4v) is 12.7. The van der Waals surface area contributed by atoms with E-state index in [0.29, 0.717) is 44.6 Å². The van der Waals surface area contributed by atoms with Crippen molar-refractivity contribution in [2.45, 2.75) is 113 Å². The Morgan fingerprint density at radius 2 is 1.68 bits per heavy atom. The largest absolute Gasteiger partial charge is 0.511 e. The van der Waals surface area contributed by atoms with Crippen LogP contribution in [0.4, 0.5) is 0 Å². The zero-order valence-electron chi connectivity index (χ0n) is 34.8. The Balaban J connectivity index is 1.15. The Hall–Kier alpha value is -4.50. The van der Waals surface area contributed by atoms with Crippen LogP contribution < -0.4 is 16.2 Å². The first-order valence-electron chi connectivity index (χ1n) is 22.6. The predicted molar refractivity (Wildman–Crippen MR) is 234 cm³/mol. The van der Waals surface area contributed by atoms with Crippen LogP contribution in [-0.4, -0.2) is 50.6 Å². The molecule has 8 heteroatoms. The summed E-state index contributed by atoms with van der Waals surface area (Å²) in [5.41, 5.74) is 10.1. The first kappa shape index (κ1) is 42.2. The second kappa shape index (κ2) is 17.8. The van der Waals surface area contributed by atoms with E-state index < -0.39 is 29.5 Å². The normalized spacial score (nSPS) is 31.2. The van der Waals surface area contributed by atoms with Crippen LogP contribution >= 0.6 is 0 Å². The summed E-state index contributed by atoms with van der Waals surface area (Å²) >= 11 is 0. The molecule has 60 heavy (non-hydrogen) atoms.